The minimum atomic E-state index is 0.0834. The molecule has 0 aromatic rings. The van der Waals surface area contributed by atoms with Crippen LogP contribution in [0.15, 0.2) is 0 Å². The van der Waals surface area contributed by atoms with Gasteiger partial charge in [-0.2, -0.15) is 0 Å². The molecular weight excluding hydrogens is 969 g/mol. The Morgan fingerprint density at radius 1 is 0.218 bits per heavy atom. The molecule has 462 valence electrons. The van der Waals surface area contributed by atoms with E-state index in [2.05, 4.69) is 69.4 Å². The van der Waals surface area contributed by atoms with Gasteiger partial charge in [0.05, 0.1) is 0 Å². The van der Waals surface area contributed by atoms with E-state index in [4.69, 9.17) is 0 Å². The SMILES string of the molecule is CCCCCCCCCCCCNC(=O)CCNCCNCCN(CCC(=O)NCCCCCCCCCCCC)CCN(CCC(=O)NCCCCCCCCCCCC)CCC(=O)NCCCCCCCCCCCC. The smallest absolute Gasteiger partial charge is 0.221 e. The summed E-state index contributed by atoms with van der Waals surface area (Å²) in [6.45, 7) is 19.2. The number of hydrogen-bond donors (Lipinski definition) is 6. The van der Waals surface area contributed by atoms with Crippen molar-refractivity contribution >= 4 is 23.6 Å². The van der Waals surface area contributed by atoms with Crippen LogP contribution in [0.25, 0.3) is 0 Å². The molecule has 0 spiro atoms. The van der Waals surface area contributed by atoms with Crippen molar-refractivity contribution in [2.45, 2.75) is 310 Å². The van der Waals surface area contributed by atoms with Crippen molar-refractivity contribution < 1.29 is 19.2 Å². The van der Waals surface area contributed by atoms with Crippen molar-refractivity contribution in [1.29, 1.82) is 0 Å². The Balaban J connectivity index is 5.14. The molecule has 0 bridgehead atoms. The van der Waals surface area contributed by atoms with Crippen LogP contribution in [0.1, 0.15) is 310 Å². The summed E-state index contributed by atoms with van der Waals surface area (Å²) in [6, 6.07) is 0. The number of rotatable bonds is 65. The fourth-order valence-electron chi connectivity index (χ4n) is 10.3. The molecule has 0 rings (SSSR count). The topological polar surface area (TPSA) is 147 Å². The van der Waals surface area contributed by atoms with E-state index in [9.17, 15) is 19.2 Å². The lowest BCUT2D eigenvalue weighted by atomic mass is 10.1. The summed E-state index contributed by atoms with van der Waals surface area (Å²) in [6.07, 6.45) is 53.0. The van der Waals surface area contributed by atoms with E-state index < -0.39 is 0 Å². The van der Waals surface area contributed by atoms with Gasteiger partial charge in [0.15, 0.2) is 0 Å². The van der Waals surface area contributed by atoms with Gasteiger partial charge in [-0.15, -0.1) is 0 Å². The van der Waals surface area contributed by atoms with Crippen molar-refractivity contribution in [3.63, 3.8) is 0 Å². The summed E-state index contributed by atoms with van der Waals surface area (Å²) in [4.78, 5) is 56.4. The number of amides is 4. The van der Waals surface area contributed by atoms with Gasteiger partial charge in [-0.1, -0.05) is 259 Å². The van der Waals surface area contributed by atoms with Crippen LogP contribution in [-0.2, 0) is 19.2 Å². The lowest BCUT2D eigenvalue weighted by molar-refractivity contribution is -0.122. The van der Waals surface area contributed by atoms with E-state index in [-0.39, 0.29) is 23.6 Å². The van der Waals surface area contributed by atoms with Crippen molar-refractivity contribution in [1.82, 2.24) is 41.7 Å². The predicted molar refractivity (Wildman–Crippen MR) is 337 cm³/mol. The summed E-state index contributed by atoms with van der Waals surface area (Å²) in [7, 11) is 0. The van der Waals surface area contributed by atoms with Gasteiger partial charge < -0.3 is 41.7 Å². The molecule has 0 saturated heterocycles. The Hall–Kier alpha value is -2.28. The van der Waals surface area contributed by atoms with Gasteiger partial charge in [0.25, 0.3) is 0 Å². The van der Waals surface area contributed by atoms with Crippen LogP contribution in [0.3, 0.4) is 0 Å². The predicted octanol–water partition coefficient (Wildman–Crippen LogP) is 14.5. The Labute approximate surface area is 484 Å². The van der Waals surface area contributed by atoms with E-state index in [1.807, 2.05) is 0 Å². The van der Waals surface area contributed by atoms with Gasteiger partial charge in [0.2, 0.25) is 23.6 Å². The number of nitrogens with zero attached hydrogens (tertiary/aromatic N) is 2. The zero-order chi connectivity index (χ0) is 56.7. The average molecular weight is 1100 g/mol. The minimum Gasteiger partial charge on any atom is -0.356 e. The van der Waals surface area contributed by atoms with Gasteiger partial charge in [-0.25, -0.2) is 0 Å². The molecule has 6 N–H and O–H groups in total. The van der Waals surface area contributed by atoms with Gasteiger partial charge >= 0.3 is 0 Å². The molecule has 0 aliphatic rings. The quantitative estimate of drug-likeness (QED) is 0.0330. The number of carbonyl (C=O) groups is 4. The maximum absolute atomic E-state index is 13.1. The van der Waals surface area contributed by atoms with E-state index in [0.29, 0.717) is 51.9 Å². The third kappa shape index (κ3) is 59.8. The lowest BCUT2D eigenvalue weighted by Gasteiger charge is -2.28. The first-order chi connectivity index (χ1) is 38.4. The second-order valence-electron chi connectivity index (χ2n) is 23.3. The average Bonchev–Trinajstić information content (AvgIpc) is 3.44. The molecule has 0 aromatic heterocycles. The Kier molecular flexibility index (Phi) is 62.0. The van der Waals surface area contributed by atoms with E-state index in [1.54, 1.807) is 0 Å². The highest BCUT2D eigenvalue weighted by Crippen LogP contribution is 2.14. The lowest BCUT2D eigenvalue weighted by Crippen LogP contribution is -2.42. The van der Waals surface area contributed by atoms with E-state index in [1.165, 1.54) is 218 Å². The molecule has 0 unspecified atom stereocenters. The number of nitrogens with one attached hydrogen (secondary N) is 6. The van der Waals surface area contributed by atoms with Crippen LogP contribution in [0, 0.1) is 0 Å². The Morgan fingerprint density at radius 3 is 0.705 bits per heavy atom. The monoisotopic (exact) mass is 1100 g/mol. The van der Waals surface area contributed by atoms with Crippen LogP contribution in [0.4, 0.5) is 0 Å². The molecule has 12 heteroatoms. The number of carbonyl (C=O) groups excluding carboxylic acids is 4. The minimum absolute atomic E-state index is 0.0834. The molecule has 12 nitrogen and oxygen atoms in total. The second-order valence-corrected chi connectivity index (χ2v) is 23.3. The second kappa shape index (κ2) is 63.9. The van der Waals surface area contributed by atoms with Crippen molar-refractivity contribution in [2.75, 3.05) is 91.6 Å². The first-order valence-electron chi connectivity index (χ1n) is 34.3. The fraction of sp³-hybridized carbons (Fsp3) is 0.939. The largest absolute Gasteiger partial charge is 0.356 e. The Morgan fingerprint density at radius 2 is 0.436 bits per heavy atom. The molecule has 0 aliphatic heterocycles. The normalized spacial score (nSPS) is 11.5. The molecule has 0 aromatic carbocycles. The van der Waals surface area contributed by atoms with Crippen LogP contribution < -0.4 is 31.9 Å². The molecular formula is C66H134N8O4. The maximum Gasteiger partial charge on any atom is 0.221 e. The standard InChI is InChI=1S/C66H134N8O4/c1-5-9-13-17-21-25-29-33-37-41-49-69-63(75)45-53-67-54-55-68-56-60-74(59-48-66(78)72-52-44-40-36-32-28-24-20-16-12-8-4)62-61-73(57-46-64(76)70-50-42-38-34-30-26-22-18-14-10-6-2)58-47-65(77)71-51-43-39-35-31-27-23-19-15-11-7-3/h67-68H,5-62H2,1-4H3,(H,69,75)(H,70,76)(H,71,77)(H,72,78). The molecule has 4 amide bonds. The Bertz CT molecular complexity index is 1230. The zero-order valence-corrected chi connectivity index (χ0v) is 52.5. The van der Waals surface area contributed by atoms with Crippen molar-refractivity contribution in [2.24, 2.45) is 0 Å². The third-order valence-corrected chi connectivity index (χ3v) is 15.7. The third-order valence-electron chi connectivity index (χ3n) is 15.7. The summed E-state index contributed by atoms with van der Waals surface area (Å²) in [5.41, 5.74) is 0. The first-order valence-corrected chi connectivity index (χ1v) is 34.3. The maximum atomic E-state index is 13.1. The van der Waals surface area contributed by atoms with Crippen molar-refractivity contribution in [3.05, 3.63) is 0 Å². The molecule has 0 heterocycles. The summed E-state index contributed by atoms with van der Waals surface area (Å²) in [5.74, 6) is 0.397. The number of unbranched alkanes of at least 4 members (excludes halogenated alkanes) is 36. The highest BCUT2D eigenvalue weighted by molar-refractivity contribution is 5.77. The highest BCUT2D eigenvalue weighted by Gasteiger charge is 2.15. The zero-order valence-electron chi connectivity index (χ0n) is 52.5. The fourth-order valence-corrected chi connectivity index (χ4v) is 10.3. The summed E-state index contributed by atoms with van der Waals surface area (Å²) in [5, 5.41) is 19.7. The van der Waals surface area contributed by atoms with Crippen LogP contribution in [0.5, 0.6) is 0 Å². The van der Waals surface area contributed by atoms with E-state index in [0.717, 1.165) is 104 Å². The van der Waals surface area contributed by atoms with Gasteiger partial charge in [0, 0.05) is 117 Å². The van der Waals surface area contributed by atoms with E-state index >= 15 is 0 Å². The van der Waals surface area contributed by atoms with Gasteiger partial charge in [-0.05, 0) is 25.7 Å². The van der Waals surface area contributed by atoms with Gasteiger partial charge in [0.1, 0.15) is 0 Å². The summed E-state index contributed by atoms with van der Waals surface area (Å²) >= 11 is 0. The molecule has 0 radical (unpaired) electrons. The number of hydrogen-bond acceptors (Lipinski definition) is 8. The van der Waals surface area contributed by atoms with Crippen LogP contribution in [-0.4, -0.2) is 125 Å². The van der Waals surface area contributed by atoms with Crippen LogP contribution in [0.2, 0.25) is 0 Å². The molecule has 78 heavy (non-hydrogen) atoms. The molecule has 0 aliphatic carbocycles. The molecule has 0 atom stereocenters. The summed E-state index contributed by atoms with van der Waals surface area (Å²) < 4.78 is 0. The van der Waals surface area contributed by atoms with Crippen LogP contribution >= 0.6 is 0 Å². The molecule has 0 saturated carbocycles. The van der Waals surface area contributed by atoms with Gasteiger partial charge in [-0.3, -0.25) is 19.2 Å². The first kappa shape index (κ1) is 75.7. The highest BCUT2D eigenvalue weighted by atomic mass is 16.2. The van der Waals surface area contributed by atoms with Crippen molar-refractivity contribution in [3.8, 4) is 0 Å². The molecule has 0 fully saturated rings.